The molecular weight excluding hydrogens is 362 g/mol. The van der Waals surface area contributed by atoms with E-state index in [2.05, 4.69) is 4.98 Å². The highest BCUT2D eigenvalue weighted by atomic mass is 35.5. The molecule has 0 saturated carbocycles. The molecule has 1 heterocycles. The number of hydrogen-bond acceptors (Lipinski definition) is 2. The molecule has 116 valence electrons. The van der Waals surface area contributed by atoms with E-state index in [9.17, 15) is 18.0 Å². The molecule has 0 amide bonds. The molecule has 0 saturated heterocycles. The molecule has 2 aromatic rings. The zero-order valence-corrected chi connectivity index (χ0v) is 13.0. The molecule has 0 bridgehead atoms. The van der Waals surface area contributed by atoms with E-state index in [1.165, 1.54) is 18.2 Å². The lowest BCUT2D eigenvalue weighted by molar-refractivity contribution is -0.137. The molecule has 0 spiro atoms. The van der Waals surface area contributed by atoms with E-state index in [0.717, 1.165) is 6.07 Å². The minimum atomic E-state index is -4.54. The second kappa shape index (κ2) is 6.44. The molecule has 0 aliphatic carbocycles. The molecule has 0 fully saturated rings. The maximum absolute atomic E-state index is 12.5. The first-order valence-corrected chi connectivity index (χ1v) is 7.01. The normalized spacial score (nSPS) is 11.5. The molecule has 0 unspecified atom stereocenters. The van der Waals surface area contributed by atoms with Crippen molar-refractivity contribution < 1.29 is 18.0 Å². The van der Waals surface area contributed by atoms with Gasteiger partial charge in [0.25, 0.3) is 0 Å². The molecule has 1 aromatic heterocycles. The Hall–Kier alpha value is -1.30. The molecule has 22 heavy (non-hydrogen) atoms. The maximum Gasteiger partial charge on any atom is 0.417 e. The van der Waals surface area contributed by atoms with Crippen LogP contribution in [0, 0.1) is 0 Å². The van der Waals surface area contributed by atoms with Crippen molar-refractivity contribution in [3.63, 3.8) is 0 Å². The number of carbonyl (C=O) groups is 1. The van der Waals surface area contributed by atoms with Gasteiger partial charge in [-0.05, 0) is 24.3 Å². The van der Waals surface area contributed by atoms with Crippen molar-refractivity contribution in [2.75, 3.05) is 0 Å². The molecule has 0 aliphatic rings. The number of hydrogen-bond donors (Lipinski definition) is 0. The van der Waals surface area contributed by atoms with Gasteiger partial charge in [-0.3, -0.25) is 9.78 Å². The Morgan fingerprint density at radius 3 is 2.27 bits per heavy atom. The first-order chi connectivity index (χ1) is 10.2. The summed E-state index contributed by atoms with van der Waals surface area (Å²) in [5, 5.41) is 0.283. The lowest BCUT2D eigenvalue weighted by Gasteiger charge is -2.09. The number of carbonyl (C=O) groups excluding carboxylic acids is 1. The summed E-state index contributed by atoms with van der Waals surface area (Å²) in [6, 6.07) is 5.05. The quantitative estimate of drug-likeness (QED) is 0.671. The number of halogens is 6. The van der Waals surface area contributed by atoms with Crippen molar-refractivity contribution in [2.24, 2.45) is 0 Å². The highest BCUT2D eigenvalue weighted by Crippen LogP contribution is 2.31. The Morgan fingerprint density at radius 2 is 1.73 bits per heavy atom. The summed E-state index contributed by atoms with van der Waals surface area (Å²) in [6.45, 7) is 0. The van der Waals surface area contributed by atoms with E-state index in [-0.39, 0.29) is 33.5 Å². The van der Waals surface area contributed by atoms with Gasteiger partial charge in [0.05, 0.1) is 32.7 Å². The van der Waals surface area contributed by atoms with Gasteiger partial charge < -0.3 is 0 Å². The van der Waals surface area contributed by atoms with E-state index in [1.54, 1.807) is 0 Å². The third-order valence-corrected chi connectivity index (χ3v) is 3.88. The zero-order chi connectivity index (χ0) is 16.5. The second-order valence-corrected chi connectivity index (χ2v) is 5.60. The van der Waals surface area contributed by atoms with Gasteiger partial charge in [0, 0.05) is 11.8 Å². The van der Waals surface area contributed by atoms with Gasteiger partial charge in [0.2, 0.25) is 0 Å². The van der Waals surface area contributed by atoms with Crippen LogP contribution in [0.3, 0.4) is 0 Å². The van der Waals surface area contributed by atoms with E-state index in [0.29, 0.717) is 11.2 Å². The van der Waals surface area contributed by atoms with E-state index >= 15 is 0 Å². The Balaban J connectivity index is 2.23. The van der Waals surface area contributed by atoms with Gasteiger partial charge >= 0.3 is 6.18 Å². The fraction of sp³-hybridized carbons (Fsp3) is 0.143. The first kappa shape index (κ1) is 17.1. The van der Waals surface area contributed by atoms with Crippen LogP contribution in [0.2, 0.25) is 15.1 Å². The van der Waals surface area contributed by atoms with Crippen molar-refractivity contribution in [3.05, 3.63) is 62.4 Å². The van der Waals surface area contributed by atoms with E-state index < -0.39 is 11.7 Å². The fourth-order valence-electron chi connectivity index (χ4n) is 1.68. The zero-order valence-electron chi connectivity index (χ0n) is 10.7. The van der Waals surface area contributed by atoms with Crippen LogP contribution in [-0.2, 0) is 12.6 Å². The predicted octanol–water partition coefficient (Wildman–Crippen LogP) is 5.49. The standard InChI is InChI=1S/C14H7Cl3F3NO/c15-9-2-1-7(3-10(9)16)13(22)5-12-11(17)4-8(6-21-12)14(18,19)20/h1-4,6H,5H2. The predicted molar refractivity (Wildman–Crippen MR) is 78.7 cm³/mol. The van der Waals surface area contributed by atoms with Crippen LogP contribution >= 0.6 is 34.8 Å². The Labute approximate surface area is 138 Å². The lowest BCUT2D eigenvalue weighted by atomic mass is 10.1. The van der Waals surface area contributed by atoms with Crippen LogP contribution in [0.15, 0.2) is 30.5 Å². The van der Waals surface area contributed by atoms with Crippen molar-refractivity contribution in [3.8, 4) is 0 Å². The van der Waals surface area contributed by atoms with Crippen LogP contribution in [-0.4, -0.2) is 10.8 Å². The Kier molecular flexibility index (Phi) is 5.00. The van der Waals surface area contributed by atoms with Crippen molar-refractivity contribution in [1.29, 1.82) is 0 Å². The molecule has 2 nitrogen and oxygen atoms in total. The minimum Gasteiger partial charge on any atom is -0.294 e. The largest absolute Gasteiger partial charge is 0.417 e. The molecule has 1 aromatic carbocycles. The first-order valence-electron chi connectivity index (χ1n) is 5.88. The summed E-state index contributed by atoms with van der Waals surface area (Å²) in [6.07, 6.45) is -4.14. The van der Waals surface area contributed by atoms with Crippen molar-refractivity contribution >= 4 is 40.6 Å². The third kappa shape index (κ3) is 3.91. The van der Waals surface area contributed by atoms with Crippen molar-refractivity contribution in [2.45, 2.75) is 12.6 Å². The molecule has 0 atom stereocenters. The summed E-state index contributed by atoms with van der Waals surface area (Å²) < 4.78 is 37.5. The fourth-order valence-corrected chi connectivity index (χ4v) is 2.21. The number of benzene rings is 1. The number of alkyl halides is 3. The van der Waals surface area contributed by atoms with Crippen LogP contribution < -0.4 is 0 Å². The number of aromatic nitrogens is 1. The van der Waals surface area contributed by atoms with Crippen LogP contribution in [0.1, 0.15) is 21.6 Å². The number of ketones is 1. The summed E-state index contributed by atoms with van der Waals surface area (Å²) in [4.78, 5) is 15.7. The SMILES string of the molecule is O=C(Cc1ncc(C(F)(F)F)cc1Cl)c1ccc(Cl)c(Cl)c1. The summed E-state index contributed by atoms with van der Waals surface area (Å²) in [5.41, 5.74) is -0.638. The Bertz CT molecular complexity index is 732. The highest BCUT2D eigenvalue weighted by molar-refractivity contribution is 6.42. The minimum absolute atomic E-state index is 0.0609. The van der Waals surface area contributed by atoms with Gasteiger partial charge in [-0.15, -0.1) is 0 Å². The monoisotopic (exact) mass is 367 g/mol. The second-order valence-electron chi connectivity index (χ2n) is 4.38. The van der Waals surface area contributed by atoms with Gasteiger partial charge in [-0.1, -0.05) is 34.8 Å². The summed E-state index contributed by atoms with van der Waals surface area (Å²) in [5.74, 6) is -0.382. The molecule has 8 heteroatoms. The van der Waals surface area contributed by atoms with E-state index in [4.69, 9.17) is 34.8 Å². The Morgan fingerprint density at radius 1 is 1.05 bits per heavy atom. The molecule has 0 aliphatic heterocycles. The van der Waals surface area contributed by atoms with E-state index in [1.807, 2.05) is 0 Å². The van der Waals surface area contributed by atoms with Gasteiger partial charge in [0.15, 0.2) is 5.78 Å². The summed E-state index contributed by atoms with van der Waals surface area (Å²) in [7, 11) is 0. The summed E-state index contributed by atoms with van der Waals surface area (Å²) >= 11 is 17.3. The average molecular weight is 369 g/mol. The van der Waals surface area contributed by atoms with Gasteiger partial charge in [-0.2, -0.15) is 13.2 Å². The molecular formula is C14H7Cl3F3NO. The van der Waals surface area contributed by atoms with Gasteiger partial charge in [0.1, 0.15) is 0 Å². The number of nitrogens with zero attached hydrogens (tertiary/aromatic N) is 1. The van der Waals surface area contributed by atoms with Crippen molar-refractivity contribution in [1.82, 2.24) is 4.98 Å². The van der Waals surface area contributed by atoms with Crippen LogP contribution in [0.5, 0.6) is 0 Å². The lowest BCUT2D eigenvalue weighted by Crippen LogP contribution is -2.09. The molecule has 0 N–H and O–H groups in total. The smallest absolute Gasteiger partial charge is 0.294 e. The third-order valence-electron chi connectivity index (χ3n) is 2.81. The van der Waals surface area contributed by atoms with Crippen LogP contribution in [0.4, 0.5) is 13.2 Å². The molecule has 0 radical (unpaired) electrons. The average Bonchev–Trinajstić information content (AvgIpc) is 2.42. The maximum atomic E-state index is 12.5. The topological polar surface area (TPSA) is 30.0 Å². The number of pyridine rings is 1. The molecule has 2 rings (SSSR count). The number of rotatable bonds is 3. The van der Waals surface area contributed by atoms with Gasteiger partial charge in [-0.25, -0.2) is 0 Å². The highest BCUT2D eigenvalue weighted by Gasteiger charge is 2.31. The van der Waals surface area contributed by atoms with Crippen LogP contribution in [0.25, 0.3) is 0 Å². The number of Topliss-reactive ketones (excluding diaryl/α,β-unsaturated/α-hetero) is 1.